The van der Waals surface area contributed by atoms with Crippen LogP contribution in [-0.2, 0) is 9.84 Å². The van der Waals surface area contributed by atoms with Crippen molar-refractivity contribution in [1.29, 1.82) is 0 Å². The normalized spacial score (nSPS) is 12.9. The van der Waals surface area contributed by atoms with Gasteiger partial charge in [-0.2, -0.15) is 0 Å². The quantitative estimate of drug-likeness (QED) is 0.367. The van der Waals surface area contributed by atoms with Gasteiger partial charge in [0.2, 0.25) is 0 Å². The summed E-state index contributed by atoms with van der Waals surface area (Å²) in [4.78, 5) is 4.01. The van der Waals surface area contributed by atoms with E-state index in [-0.39, 0.29) is 5.75 Å². The van der Waals surface area contributed by atoms with Gasteiger partial charge in [-0.1, -0.05) is 6.92 Å². The summed E-state index contributed by atoms with van der Waals surface area (Å²) < 4.78 is 21.5. The Bertz CT molecular complexity index is 272. The van der Waals surface area contributed by atoms with E-state index in [9.17, 15) is 8.42 Å². The molecule has 5 nitrogen and oxygen atoms in total. The fraction of sp³-hybridized carbons (Fsp3) is 0.875. The average Bonchev–Trinajstić information content (AvgIpc) is 2.07. The maximum atomic E-state index is 10.8. The molecule has 0 aliphatic heterocycles. The first-order chi connectivity index (χ1) is 6.45. The maximum absolute atomic E-state index is 10.8. The zero-order valence-electron chi connectivity index (χ0n) is 8.78. The Labute approximate surface area is 85.7 Å². The lowest BCUT2D eigenvalue weighted by atomic mass is 10.5. The van der Waals surface area contributed by atoms with Gasteiger partial charge < -0.3 is 11.1 Å². The fourth-order valence-corrected chi connectivity index (χ4v) is 1.51. The molecule has 0 aliphatic carbocycles. The summed E-state index contributed by atoms with van der Waals surface area (Å²) in [5.74, 6) is 0.571. The van der Waals surface area contributed by atoms with Gasteiger partial charge in [-0.3, -0.25) is 4.99 Å². The highest BCUT2D eigenvalue weighted by atomic mass is 32.2. The van der Waals surface area contributed by atoms with Crippen molar-refractivity contribution in [3.63, 3.8) is 0 Å². The van der Waals surface area contributed by atoms with Crippen molar-refractivity contribution in [3.8, 4) is 0 Å². The summed E-state index contributed by atoms with van der Waals surface area (Å²) in [6, 6.07) is 0. The van der Waals surface area contributed by atoms with Gasteiger partial charge in [-0.05, 0) is 12.8 Å². The van der Waals surface area contributed by atoms with E-state index < -0.39 is 9.84 Å². The smallest absolute Gasteiger partial charge is 0.188 e. The lowest BCUT2D eigenvalue weighted by molar-refractivity contribution is 0.598. The third kappa shape index (κ3) is 9.31. The van der Waals surface area contributed by atoms with Crippen molar-refractivity contribution in [2.75, 3.05) is 25.1 Å². The summed E-state index contributed by atoms with van der Waals surface area (Å²) in [5, 5.41) is 2.85. The number of aliphatic imine (C=N–C) groups is 1. The van der Waals surface area contributed by atoms with Crippen molar-refractivity contribution in [1.82, 2.24) is 5.32 Å². The Morgan fingerprint density at radius 1 is 1.50 bits per heavy atom. The first-order valence-corrected chi connectivity index (χ1v) is 6.73. The predicted molar refractivity (Wildman–Crippen MR) is 59.1 cm³/mol. The molecular formula is C8H19N3O2S. The van der Waals surface area contributed by atoms with Crippen LogP contribution < -0.4 is 11.1 Å². The van der Waals surface area contributed by atoms with Gasteiger partial charge >= 0.3 is 0 Å². The SMILES string of the molecule is CCCN=C(N)NCCCS(C)(=O)=O. The number of guanidine groups is 1. The van der Waals surface area contributed by atoms with Crippen LogP contribution in [0.2, 0.25) is 0 Å². The number of sulfone groups is 1. The first kappa shape index (κ1) is 13.2. The van der Waals surface area contributed by atoms with Crippen LogP contribution in [0.4, 0.5) is 0 Å². The van der Waals surface area contributed by atoms with Gasteiger partial charge in [0.15, 0.2) is 5.96 Å². The molecule has 0 unspecified atom stereocenters. The third-order valence-electron chi connectivity index (χ3n) is 1.50. The van der Waals surface area contributed by atoms with Gasteiger partial charge in [-0.25, -0.2) is 8.42 Å². The number of nitrogens with one attached hydrogen (secondary N) is 1. The Hall–Kier alpha value is -0.780. The minimum atomic E-state index is -2.86. The molecule has 0 radical (unpaired) electrons. The second-order valence-corrected chi connectivity index (χ2v) is 5.44. The van der Waals surface area contributed by atoms with Crippen LogP contribution in [0.5, 0.6) is 0 Å². The van der Waals surface area contributed by atoms with Crippen LogP contribution in [0.1, 0.15) is 19.8 Å². The van der Waals surface area contributed by atoms with E-state index in [1.54, 1.807) is 0 Å². The third-order valence-corrected chi connectivity index (χ3v) is 2.53. The molecule has 0 amide bonds. The number of hydrogen-bond acceptors (Lipinski definition) is 3. The van der Waals surface area contributed by atoms with E-state index >= 15 is 0 Å². The molecule has 0 rings (SSSR count). The lowest BCUT2D eigenvalue weighted by Crippen LogP contribution is -2.33. The molecule has 0 heterocycles. The molecule has 0 aromatic rings. The molecule has 0 aliphatic rings. The van der Waals surface area contributed by atoms with Crippen molar-refractivity contribution in [2.45, 2.75) is 19.8 Å². The second-order valence-electron chi connectivity index (χ2n) is 3.18. The summed E-state index contributed by atoms with van der Waals surface area (Å²) in [6.07, 6.45) is 2.73. The molecule has 14 heavy (non-hydrogen) atoms. The molecule has 6 heteroatoms. The topological polar surface area (TPSA) is 84.5 Å². The van der Waals surface area contributed by atoms with E-state index in [0.717, 1.165) is 6.42 Å². The molecule has 0 bridgehead atoms. The maximum Gasteiger partial charge on any atom is 0.188 e. The second kappa shape index (κ2) is 6.64. The lowest BCUT2D eigenvalue weighted by Gasteiger charge is -2.04. The molecule has 0 aromatic carbocycles. The molecule has 0 saturated heterocycles. The Kier molecular flexibility index (Phi) is 6.27. The van der Waals surface area contributed by atoms with Gasteiger partial charge in [-0.15, -0.1) is 0 Å². The number of hydrogen-bond donors (Lipinski definition) is 2. The highest BCUT2D eigenvalue weighted by Gasteiger charge is 2.00. The Morgan fingerprint density at radius 2 is 2.14 bits per heavy atom. The van der Waals surface area contributed by atoms with Crippen LogP contribution >= 0.6 is 0 Å². The number of nitrogens with two attached hydrogens (primary N) is 1. The van der Waals surface area contributed by atoms with E-state index in [4.69, 9.17) is 5.73 Å². The minimum Gasteiger partial charge on any atom is -0.370 e. The van der Waals surface area contributed by atoms with Crippen LogP contribution in [-0.4, -0.2) is 39.5 Å². The van der Waals surface area contributed by atoms with E-state index in [0.29, 0.717) is 25.5 Å². The summed E-state index contributed by atoms with van der Waals surface area (Å²) in [6.45, 7) is 3.26. The van der Waals surface area contributed by atoms with Crippen LogP contribution in [0.25, 0.3) is 0 Å². The molecule has 0 fully saturated rings. The summed E-state index contributed by atoms with van der Waals surface area (Å²) in [5.41, 5.74) is 5.50. The standard InChI is InChI=1S/C8H19N3O2S/c1-3-5-10-8(9)11-6-4-7-14(2,12)13/h3-7H2,1-2H3,(H3,9,10,11). The number of rotatable bonds is 6. The van der Waals surface area contributed by atoms with Crippen LogP contribution in [0, 0.1) is 0 Å². The zero-order chi connectivity index (χ0) is 11.0. The van der Waals surface area contributed by atoms with Gasteiger partial charge in [0.25, 0.3) is 0 Å². The first-order valence-electron chi connectivity index (χ1n) is 4.67. The van der Waals surface area contributed by atoms with Gasteiger partial charge in [0.1, 0.15) is 9.84 Å². The number of nitrogens with zero attached hydrogens (tertiary/aromatic N) is 1. The minimum absolute atomic E-state index is 0.182. The largest absolute Gasteiger partial charge is 0.370 e. The van der Waals surface area contributed by atoms with Crippen molar-refractivity contribution in [2.24, 2.45) is 10.7 Å². The zero-order valence-corrected chi connectivity index (χ0v) is 9.60. The van der Waals surface area contributed by atoms with Crippen molar-refractivity contribution in [3.05, 3.63) is 0 Å². The summed E-state index contributed by atoms with van der Waals surface area (Å²) in [7, 11) is -2.86. The highest BCUT2D eigenvalue weighted by molar-refractivity contribution is 7.90. The van der Waals surface area contributed by atoms with Crippen LogP contribution in [0.3, 0.4) is 0 Å². The molecule has 0 spiro atoms. The average molecular weight is 221 g/mol. The van der Waals surface area contributed by atoms with Crippen molar-refractivity contribution < 1.29 is 8.42 Å². The molecule has 0 saturated carbocycles. The molecular weight excluding hydrogens is 202 g/mol. The van der Waals surface area contributed by atoms with E-state index in [1.165, 1.54) is 6.26 Å². The molecule has 0 aromatic heterocycles. The van der Waals surface area contributed by atoms with E-state index in [2.05, 4.69) is 10.3 Å². The monoisotopic (exact) mass is 221 g/mol. The molecule has 3 N–H and O–H groups in total. The van der Waals surface area contributed by atoms with Crippen LogP contribution in [0.15, 0.2) is 4.99 Å². The highest BCUT2D eigenvalue weighted by Crippen LogP contribution is 1.86. The summed E-state index contributed by atoms with van der Waals surface area (Å²) >= 11 is 0. The van der Waals surface area contributed by atoms with E-state index in [1.807, 2.05) is 6.92 Å². The van der Waals surface area contributed by atoms with Gasteiger partial charge in [0.05, 0.1) is 5.75 Å². The molecule has 84 valence electrons. The molecule has 0 atom stereocenters. The Balaban J connectivity index is 3.55. The predicted octanol–water partition coefficient (Wildman–Crippen LogP) is -0.265. The fourth-order valence-electron chi connectivity index (χ4n) is 0.839. The Morgan fingerprint density at radius 3 is 2.64 bits per heavy atom. The van der Waals surface area contributed by atoms with Crippen molar-refractivity contribution >= 4 is 15.8 Å². The van der Waals surface area contributed by atoms with Gasteiger partial charge in [0, 0.05) is 19.3 Å².